The van der Waals surface area contributed by atoms with Crippen LogP contribution in [0.4, 0.5) is 5.82 Å². The van der Waals surface area contributed by atoms with Gasteiger partial charge in [0.15, 0.2) is 5.82 Å². The summed E-state index contributed by atoms with van der Waals surface area (Å²) in [6, 6.07) is 5.86. The molecule has 2 aromatic heterocycles. The highest BCUT2D eigenvalue weighted by Gasteiger charge is 2.15. The van der Waals surface area contributed by atoms with Gasteiger partial charge in [0.2, 0.25) is 0 Å². The largest absolute Gasteiger partial charge is 0.492 e. The van der Waals surface area contributed by atoms with Gasteiger partial charge < -0.3 is 20.8 Å². The number of imidazole rings is 1. The molecule has 3 rings (SSSR count). The standard InChI is InChI=1S/C16H21N5O/c1-3-13-20-14-15(21(13)4-2)11-6-5-10(22-8-7-17)9-12(11)19-16(14)18/h5-6,9H,3-4,7-8,17H2,1-2H3,(H2,18,19). The molecule has 0 fully saturated rings. The van der Waals surface area contributed by atoms with Crippen molar-refractivity contribution in [1.82, 2.24) is 14.5 Å². The number of anilines is 1. The maximum absolute atomic E-state index is 6.12. The van der Waals surface area contributed by atoms with E-state index in [4.69, 9.17) is 16.2 Å². The lowest BCUT2D eigenvalue weighted by atomic mass is 10.1. The molecule has 0 bridgehead atoms. The number of nitrogens with zero attached hydrogens (tertiary/aromatic N) is 3. The minimum Gasteiger partial charge on any atom is -0.492 e. The second-order valence-electron chi connectivity index (χ2n) is 5.14. The normalized spacial score (nSPS) is 11.4. The summed E-state index contributed by atoms with van der Waals surface area (Å²) >= 11 is 0. The Kier molecular flexibility index (Phi) is 3.85. The zero-order valence-corrected chi connectivity index (χ0v) is 13.0. The van der Waals surface area contributed by atoms with Gasteiger partial charge in [-0.15, -0.1) is 0 Å². The van der Waals surface area contributed by atoms with E-state index in [-0.39, 0.29) is 0 Å². The number of hydrogen-bond donors (Lipinski definition) is 2. The molecule has 22 heavy (non-hydrogen) atoms. The Hall–Kier alpha value is -2.34. The molecule has 0 atom stereocenters. The van der Waals surface area contributed by atoms with Crippen molar-refractivity contribution in [2.24, 2.45) is 5.73 Å². The average molecular weight is 299 g/mol. The SMILES string of the molecule is CCc1nc2c(N)nc3cc(OCCN)ccc3c2n1CC. The number of rotatable bonds is 5. The Morgan fingerprint density at radius 1 is 1.23 bits per heavy atom. The minimum absolute atomic E-state index is 0.459. The molecule has 0 saturated heterocycles. The first-order valence-corrected chi connectivity index (χ1v) is 7.60. The summed E-state index contributed by atoms with van der Waals surface area (Å²) in [6.07, 6.45) is 0.862. The van der Waals surface area contributed by atoms with Gasteiger partial charge in [-0.1, -0.05) is 6.92 Å². The number of fused-ring (bicyclic) bond motifs is 3. The second-order valence-corrected chi connectivity index (χ2v) is 5.14. The van der Waals surface area contributed by atoms with Crippen LogP contribution in [-0.2, 0) is 13.0 Å². The zero-order valence-electron chi connectivity index (χ0n) is 13.0. The first-order valence-electron chi connectivity index (χ1n) is 7.60. The van der Waals surface area contributed by atoms with Gasteiger partial charge in [0.05, 0.1) is 11.0 Å². The van der Waals surface area contributed by atoms with E-state index in [1.165, 1.54) is 0 Å². The predicted octanol–water partition coefficient (Wildman–Crippen LogP) is 2.09. The molecule has 6 nitrogen and oxygen atoms in total. The molecule has 4 N–H and O–H groups in total. The van der Waals surface area contributed by atoms with E-state index < -0.39 is 0 Å². The molecule has 0 amide bonds. The quantitative estimate of drug-likeness (QED) is 0.752. The third-order valence-electron chi connectivity index (χ3n) is 3.77. The molecular weight excluding hydrogens is 278 g/mol. The second kappa shape index (κ2) is 5.81. The highest BCUT2D eigenvalue weighted by Crippen LogP contribution is 2.31. The van der Waals surface area contributed by atoms with Crippen molar-refractivity contribution in [1.29, 1.82) is 0 Å². The van der Waals surface area contributed by atoms with E-state index >= 15 is 0 Å². The summed E-state index contributed by atoms with van der Waals surface area (Å²) in [5.41, 5.74) is 14.2. The Balaban J connectivity index is 2.27. The van der Waals surface area contributed by atoms with E-state index in [9.17, 15) is 0 Å². The monoisotopic (exact) mass is 299 g/mol. The number of aryl methyl sites for hydroxylation is 2. The van der Waals surface area contributed by atoms with Crippen molar-refractivity contribution in [3.63, 3.8) is 0 Å². The number of ether oxygens (including phenoxy) is 1. The molecule has 3 aromatic rings. The van der Waals surface area contributed by atoms with Crippen molar-refractivity contribution >= 4 is 27.8 Å². The fraction of sp³-hybridized carbons (Fsp3) is 0.375. The molecule has 0 aliphatic heterocycles. The van der Waals surface area contributed by atoms with Crippen LogP contribution in [0, 0.1) is 0 Å². The zero-order chi connectivity index (χ0) is 15.7. The maximum Gasteiger partial charge on any atom is 0.152 e. The van der Waals surface area contributed by atoms with Gasteiger partial charge in [0.1, 0.15) is 23.7 Å². The van der Waals surface area contributed by atoms with Gasteiger partial charge in [-0.3, -0.25) is 0 Å². The Morgan fingerprint density at radius 3 is 2.73 bits per heavy atom. The van der Waals surface area contributed by atoms with Gasteiger partial charge in [-0.2, -0.15) is 0 Å². The van der Waals surface area contributed by atoms with Crippen LogP contribution in [0.1, 0.15) is 19.7 Å². The minimum atomic E-state index is 0.459. The predicted molar refractivity (Wildman–Crippen MR) is 89.0 cm³/mol. The Bertz CT molecular complexity index is 824. The molecule has 0 aliphatic carbocycles. The van der Waals surface area contributed by atoms with E-state index in [1.807, 2.05) is 18.2 Å². The molecule has 0 saturated carbocycles. The van der Waals surface area contributed by atoms with Crippen molar-refractivity contribution in [3.05, 3.63) is 24.0 Å². The van der Waals surface area contributed by atoms with Gasteiger partial charge >= 0.3 is 0 Å². The lowest BCUT2D eigenvalue weighted by Crippen LogP contribution is -2.10. The van der Waals surface area contributed by atoms with Crippen LogP contribution < -0.4 is 16.2 Å². The van der Waals surface area contributed by atoms with Gasteiger partial charge in [-0.25, -0.2) is 9.97 Å². The Morgan fingerprint density at radius 2 is 2.05 bits per heavy atom. The van der Waals surface area contributed by atoms with Crippen molar-refractivity contribution < 1.29 is 4.74 Å². The highest BCUT2D eigenvalue weighted by atomic mass is 16.5. The van der Waals surface area contributed by atoms with E-state index in [2.05, 4.69) is 28.4 Å². The molecule has 2 heterocycles. The van der Waals surface area contributed by atoms with Crippen LogP contribution in [0.2, 0.25) is 0 Å². The average Bonchev–Trinajstić information content (AvgIpc) is 2.92. The fourth-order valence-electron chi connectivity index (χ4n) is 2.81. The topological polar surface area (TPSA) is 92.0 Å². The number of aromatic nitrogens is 3. The highest BCUT2D eigenvalue weighted by molar-refractivity contribution is 6.06. The lowest BCUT2D eigenvalue weighted by Gasteiger charge is -2.09. The first-order chi connectivity index (χ1) is 10.7. The third-order valence-corrected chi connectivity index (χ3v) is 3.77. The number of nitrogens with two attached hydrogens (primary N) is 2. The molecule has 0 unspecified atom stereocenters. The molecule has 116 valence electrons. The van der Waals surface area contributed by atoms with Crippen LogP contribution in [-0.4, -0.2) is 27.7 Å². The summed E-state index contributed by atoms with van der Waals surface area (Å²) in [4.78, 5) is 9.14. The van der Waals surface area contributed by atoms with Crippen LogP contribution >= 0.6 is 0 Å². The molecular formula is C16H21N5O. The molecule has 0 spiro atoms. The fourth-order valence-corrected chi connectivity index (χ4v) is 2.81. The van der Waals surface area contributed by atoms with Crippen molar-refractivity contribution in [2.45, 2.75) is 26.8 Å². The van der Waals surface area contributed by atoms with Crippen LogP contribution in [0.5, 0.6) is 5.75 Å². The van der Waals surface area contributed by atoms with E-state index in [0.717, 1.165) is 46.5 Å². The number of hydrogen-bond acceptors (Lipinski definition) is 5. The number of benzene rings is 1. The lowest BCUT2D eigenvalue weighted by molar-refractivity contribution is 0.328. The van der Waals surface area contributed by atoms with Crippen LogP contribution in [0.3, 0.4) is 0 Å². The maximum atomic E-state index is 6.12. The molecule has 0 radical (unpaired) electrons. The van der Waals surface area contributed by atoms with E-state index in [0.29, 0.717) is 19.0 Å². The van der Waals surface area contributed by atoms with Gasteiger partial charge in [0, 0.05) is 31.0 Å². The molecule has 6 heteroatoms. The van der Waals surface area contributed by atoms with Crippen molar-refractivity contribution in [3.8, 4) is 5.75 Å². The van der Waals surface area contributed by atoms with Crippen LogP contribution in [0.25, 0.3) is 21.9 Å². The molecule has 0 aliphatic rings. The Labute approximate surface area is 129 Å². The number of pyridine rings is 1. The van der Waals surface area contributed by atoms with Crippen LogP contribution in [0.15, 0.2) is 18.2 Å². The van der Waals surface area contributed by atoms with Gasteiger partial charge in [0.25, 0.3) is 0 Å². The first kappa shape index (κ1) is 14.6. The summed E-state index contributed by atoms with van der Waals surface area (Å²) in [7, 11) is 0. The van der Waals surface area contributed by atoms with Crippen molar-refractivity contribution in [2.75, 3.05) is 18.9 Å². The van der Waals surface area contributed by atoms with E-state index in [1.54, 1.807) is 0 Å². The summed E-state index contributed by atoms with van der Waals surface area (Å²) in [5.74, 6) is 2.24. The summed E-state index contributed by atoms with van der Waals surface area (Å²) in [5, 5.41) is 1.04. The van der Waals surface area contributed by atoms with Gasteiger partial charge in [-0.05, 0) is 19.1 Å². The summed E-state index contributed by atoms with van der Waals surface area (Å²) < 4.78 is 7.77. The smallest absolute Gasteiger partial charge is 0.152 e. The molecule has 1 aromatic carbocycles. The summed E-state index contributed by atoms with van der Waals surface area (Å²) in [6.45, 7) is 6.02. The number of nitrogen functional groups attached to an aromatic ring is 1. The third kappa shape index (κ3) is 2.25.